The van der Waals surface area contributed by atoms with Gasteiger partial charge in [0, 0.05) is 6.42 Å². The average Bonchev–Trinajstić information content (AvgIpc) is 2.85. The highest BCUT2D eigenvalue weighted by molar-refractivity contribution is 5.91. The molecule has 34 heavy (non-hydrogen) atoms. The molecule has 7 heteroatoms. The molecule has 0 bridgehead atoms. The number of esters is 1. The van der Waals surface area contributed by atoms with Crippen molar-refractivity contribution in [2.24, 2.45) is 5.10 Å². The van der Waals surface area contributed by atoms with E-state index in [1.54, 1.807) is 48.7 Å². The van der Waals surface area contributed by atoms with Crippen LogP contribution in [0.25, 0.3) is 10.9 Å². The minimum Gasteiger partial charge on any atom is -0.490 e. The molecule has 0 unspecified atom stereocenters. The molecule has 0 fully saturated rings. The highest BCUT2D eigenvalue weighted by Crippen LogP contribution is 2.29. The fraction of sp³-hybridized carbons (Fsp3) is 0.185. The van der Waals surface area contributed by atoms with Crippen LogP contribution in [-0.2, 0) is 6.42 Å². The maximum Gasteiger partial charge on any atom is 0.343 e. The summed E-state index contributed by atoms with van der Waals surface area (Å²) in [5.74, 6) is 0.812. The van der Waals surface area contributed by atoms with Crippen LogP contribution in [0.4, 0.5) is 0 Å². The second kappa shape index (κ2) is 10.1. The molecule has 1 heterocycles. The Hall–Kier alpha value is -4.26. The molecule has 0 saturated heterocycles. The lowest BCUT2D eigenvalue weighted by Gasteiger charge is -2.12. The third-order valence-electron chi connectivity index (χ3n) is 5.22. The Bertz CT molecular complexity index is 1420. The predicted molar refractivity (Wildman–Crippen MR) is 132 cm³/mol. The van der Waals surface area contributed by atoms with E-state index in [2.05, 4.69) is 10.1 Å². The zero-order valence-electron chi connectivity index (χ0n) is 19.3. The maximum absolute atomic E-state index is 13.0. The molecule has 4 aromatic rings. The van der Waals surface area contributed by atoms with E-state index in [0.29, 0.717) is 52.4 Å². The first-order valence-electron chi connectivity index (χ1n) is 11.1. The molecule has 0 radical (unpaired) electrons. The van der Waals surface area contributed by atoms with Gasteiger partial charge in [0.1, 0.15) is 5.82 Å². The van der Waals surface area contributed by atoms with Crippen LogP contribution in [0.15, 0.2) is 76.6 Å². The van der Waals surface area contributed by atoms with Gasteiger partial charge in [0.05, 0.1) is 29.3 Å². The number of aryl methyl sites for hydroxylation is 2. The Labute approximate surface area is 197 Å². The number of hydrogen-bond donors (Lipinski definition) is 0. The summed E-state index contributed by atoms with van der Waals surface area (Å²) in [7, 11) is 0. The summed E-state index contributed by atoms with van der Waals surface area (Å²) in [6, 6.07) is 19.5. The molecule has 3 aromatic carbocycles. The van der Waals surface area contributed by atoms with Crippen molar-refractivity contribution in [3.63, 3.8) is 0 Å². The number of hydrogen-bond acceptors (Lipinski definition) is 6. The van der Waals surface area contributed by atoms with Crippen LogP contribution in [0.1, 0.15) is 41.2 Å². The van der Waals surface area contributed by atoms with Crippen LogP contribution in [0.2, 0.25) is 0 Å². The van der Waals surface area contributed by atoms with Crippen LogP contribution < -0.4 is 15.0 Å². The lowest BCUT2D eigenvalue weighted by atomic mass is 10.1. The van der Waals surface area contributed by atoms with Gasteiger partial charge in [0.15, 0.2) is 11.5 Å². The monoisotopic (exact) mass is 455 g/mol. The molecule has 0 atom stereocenters. The van der Waals surface area contributed by atoms with Gasteiger partial charge < -0.3 is 9.47 Å². The largest absolute Gasteiger partial charge is 0.490 e. The fourth-order valence-corrected chi connectivity index (χ4v) is 3.45. The van der Waals surface area contributed by atoms with E-state index in [9.17, 15) is 9.59 Å². The molecule has 4 rings (SSSR count). The van der Waals surface area contributed by atoms with E-state index in [1.165, 1.54) is 4.68 Å². The van der Waals surface area contributed by atoms with E-state index in [4.69, 9.17) is 9.47 Å². The van der Waals surface area contributed by atoms with E-state index >= 15 is 0 Å². The molecule has 0 aliphatic carbocycles. The quantitative estimate of drug-likeness (QED) is 0.228. The summed E-state index contributed by atoms with van der Waals surface area (Å²) < 4.78 is 12.6. The lowest BCUT2D eigenvalue weighted by molar-refractivity contribution is 0.0728. The molecule has 0 aliphatic heterocycles. The van der Waals surface area contributed by atoms with Gasteiger partial charge in [-0.25, -0.2) is 9.78 Å². The van der Waals surface area contributed by atoms with Crippen molar-refractivity contribution in [1.29, 1.82) is 0 Å². The van der Waals surface area contributed by atoms with Gasteiger partial charge in [0.25, 0.3) is 5.56 Å². The number of rotatable bonds is 7. The molecular formula is C27H25N3O4. The lowest BCUT2D eigenvalue weighted by Crippen LogP contribution is -2.22. The smallest absolute Gasteiger partial charge is 0.343 e. The average molecular weight is 456 g/mol. The number of aromatic nitrogens is 2. The highest BCUT2D eigenvalue weighted by atomic mass is 16.6. The second-order valence-electron chi connectivity index (χ2n) is 7.65. The van der Waals surface area contributed by atoms with Gasteiger partial charge in [-0.1, -0.05) is 36.8 Å². The summed E-state index contributed by atoms with van der Waals surface area (Å²) in [5.41, 5.74) is 2.61. The molecule has 0 aliphatic rings. The Morgan fingerprint density at radius 2 is 1.79 bits per heavy atom. The summed E-state index contributed by atoms with van der Waals surface area (Å²) >= 11 is 0. The molecule has 1 aromatic heterocycles. The van der Waals surface area contributed by atoms with E-state index < -0.39 is 5.97 Å². The van der Waals surface area contributed by atoms with Gasteiger partial charge in [-0.05, 0) is 61.9 Å². The van der Waals surface area contributed by atoms with E-state index in [1.807, 2.05) is 45.0 Å². The Kier molecular flexibility index (Phi) is 6.82. The topological polar surface area (TPSA) is 82.8 Å². The zero-order valence-corrected chi connectivity index (χ0v) is 19.3. The van der Waals surface area contributed by atoms with Crippen LogP contribution in [0.3, 0.4) is 0 Å². The predicted octanol–water partition coefficient (Wildman–Crippen LogP) is 4.77. The van der Waals surface area contributed by atoms with Gasteiger partial charge >= 0.3 is 5.97 Å². The fourth-order valence-electron chi connectivity index (χ4n) is 3.45. The molecule has 0 spiro atoms. The maximum atomic E-state index is 13.0. The molecule has 0 amide bonds. The van der Waals surface area contributed by atoms with Gasteiger partial charge in [-0.3, -0.25) is 4.79 Å². The van der Waals surface area contributed by atoms with Crippen molar-refractivity contribution in [3.05, 3.63) is 99.6 Å². The van der Waals surface area contributed by atoms with Crippen molar-refractivity contribution in [1.82, 2.24) is 9.66 Å². The number of fused-ring (bicyclic) bond motifs is 1. The number of nitrogens with zero attached hydrogens (tertiary/aromatic N) is 3. The summed E-state index contributed by atoms with van der Waals surface area (Å²) in [5, 5.41) is 4.90. The standard InChI is InChI=1S/C27H25N3O4/c1-4-25-29-22-9-7-6-8-21(22)26(31)30(25)28-17-19-12-15-23(24(16-19)33-5-2)34-27(32)20-13-10-18(3)11-14-20/h6-17H,4-5H2,1-3H3. The highest BCUT2D eigenvalue weighted by Gasteiger charge is 2.14. The molecule has 172 valence electrons. The van der Waals surface area contributed by atoms with Crippen molar-refractivity contribution in [2.45, 2.75) is 27.2 Å². The van der Waals surface area contributed by atoms with E-state index in [-0.39, 0.29) is 5.56 Å². The zero-order chi connectivity index (χ0) is 24.1. The molecular weight excluding hydrogens is 430 g/mol. The number of benzene rings is 3. The molecule has 0 N–H and O–H groups in total. The first-order chi connectivity index (χ1) is 16.5. The SMILES string of the molecule is CCOc1cc(C=Nn2c(CC)nc3ccccc3c2=O)ccc1OC(=O)c1ccc(C)cc1. The van der Waals surface area contributed by atoms with Crippen LogP contribution >= 0.6 is 0 Å². The first kappa shape index (κ1) is 22.9. The van der Waals surface area contributed by atoms with Crippen molar-refractivity contribution in [3.8, 4) is 11.5 Å². The second-order valence-corrected chi connectivity index (χ2v) is 7.65. The Morgan fingerprint density at radius 1 is 1.03 bits per heavy atom. The van der Waals surface area contributed by atoms with Crippen LogP contribution in [0.5, 0.6) is 11.5 Å². The summed E-state index contributed by atoms with van der Waals surface area (Å²) in [6.45, 7) is 6.12. The minimum atomic E-state index is -0.469. The van der Waals surface area contributed by atoms with Crippen molar-refractivity contribution >= 4 is 23.1 Å². The van der Waals surface area contributed by atoms with Crippen LogP contribution in [0, 0.1) is 6.92 Å². The van der Waals surface area contributed by atoms with Crippen molar-refractivity contribution < 1.29 is 14.3 Å². The van der Waals surface area contributed by atoms with Crippen molar-refractivity contribution in [2.75, 3.05) is 6.61 Å². The third-order valence-corrected chi connectivity index (χ3v) is 5.22. The number of ether oxygens (including phenoxy) is 2. The van der Waals surface area contributed by atoms with Gasteiger partial charge in [-0.15, -0.1) is 0 Å². The number of carbonyl (C=O) groups is 1. The van der Waals surface area contributed by atoms with E-state index in [0.717, 1.165) is 5.56 Å². The number of para-hydroxylation sites is 1. The summed E-state index contributed by atoms with van der Waals surface area (Å²) in [6.07, 6.45) is 2.11. The van der Waals surface area contributed by atoms with Gasteiger partial charge in [-0.2, -0.15) is 9.78 Å². The first-order valence-corrected chi connectivity index (χ1v) is 11.1. The Balaban J connectivity index is 1.64. The molecule has 7 nitrogen and oxygen atoms in total. The van der Waals surface area contributed by atoms with Crippen LogP contribution in [-0.4, -0.2) is 28.5 Å². The Morgan fingerprint density at radius 3 is 2.53 bits per heavy atom. The van der Waals surface area contributed by atoms with Gasteiger partial charge in [0.2, 0.25) is 0 Å². The normalized spacial score (nSPS) is 11.1. The molecule has 0 saturated carbocycles. The summed E-state index contributed by atoms with van der Waals surface area (Å²) in [4.78, 5) is 30.1. The number of carbonyl (C=O) groups excluding carboxylic acids is 1. The third kappa shape index (κ3) is 4.88. The minimum absolute atomic E-state index is 0.229.